The first-order chi connectivity index (χ1) is 8.66. The molecule has 1 heterocycles. The molecule has 0 aromatic heterocycles. The molecule has 2 N–H and O–H groups in total. The number of nitrogens with zero attached hydrogens (tertiary/aromatic N) is 2. The smallest absolute Gasteiger partial charge is 0.191 e. The van der Waals surface area contributed by atoms with Gasteiger partial charge in [-0.2, -0.15) is 0 Å². The summed E-state index contributed by atoms with van der Waals surface area (Å²) in [5, 5.41) is 0.751. The molecule has 1 aliphatic rings. The maximum Gasteiger partial charge on any atom is 0.191 e. The summed E-state index contributed by atoms with van der Waals surface area (Å²) in [6.07, 6.45) is 2.48. The van der Waals surface area contributed by atoms with Crippen molar-refractivity contribution in [1.82, 2.24) is 4.90 Å². The van der Waals surface area contributed by atoms with Crippen LogP contribution >= 0.6 is 11.6 Å². The van der Waals surface area contributed by atoms with Crippen molar-refractivity contribution >= 4 is 17.6 Å². The highest BCUT2D eigenvalue weighted by molar-refractivity contribution is 6.31. The molecule has 1 fully saturated rings. The standard InChI is InChI=1S/C14H20ClN3/c1-11-5-4-8-18(10-11)14(16)17-9-12-6-2-3-7-13(12)15/h2-3,6-7,11H,4-5,8-10H2,1H3,(H2,16,17). The minimum atomic E-state index is 0.552. The Balaban J connectivity index is 1.98. The molecule has 4 heteroatoms. The van der Waals surface area contributed by atoms with E-state index in [1.807, 2.05) is 24.3 Å². The number of rotatable bonds is 2. The molecule has 1 aromatic rings. The van der Waals surface area contributed by atoms with E-state index in [1.165, 1.54) is 12.8 Å². The third-order valence-electron chi connectivity index (χ3n) is 3.35. The van der Waals surface area contributed by atoms with E-state index < -0.39 is 0 Å². The molecule has 2 rings (SSSR count). The van der Waals surface area contributed by atoms with E-state index in [-0.39, 0.29) is 0 Å². The van der Waals surface area contributed by atoms with Crippen molar-refractivity contribution in [3.8, 4) is 0 Å². The van der Waals surface area contributed by atoms with Crippen LogP contribution in [0.4, 0.5) is 0 Å². The third-order valence-corrected chi connectivity index (χ3v) is 3.72. The Bertz CT molecular complexity index is 431. The fraction of sp³-hybridized carbons (Fsp3) is 0.500. The zero-order valence-electron chi connectivity index (χ0n) is 10.8. The Hall–Kier alpha value is -1.22. The fourth-order valence-electron chi connectivity index (χ4n) is 2.29. The van der Waals surface area contributed by atoms with E-state index in [0.717, 1.165) is 23.7 Å². The number of halogens is 1. The topological polar surface area (TPSA) is 41.6 Å². The van der Waals surface area contributed by atoms with Crippen molar-refractivity contribution in [2.24, 2.45) is 16.6 Å². The van der Waals surface area contributed by atoms with Gasteiger partial charge in [0.2, 0.25) is 0 Å². The van der Waals surface area contributed by atoms with Gasteiger partial charge in [-0.1, -0.05) is 36.7 Å². The summed E-state index contributed by atoms with van der Waals surface area (Å²) < 4.78 is 0. The van der Waals surface area contributed by atoms with Gasteiger partial charge in [-0.25, -0.2) is 4.99 Å². The van der Waals surface area contributed by atoms with Gasteiger partial charge in [0, 0.05) is 18.1 Å². The summed E-state index contributed by atoms with van der Waals surface area (Å²) in [7, 11) is 0. The van der Waals surface area contributed by atoms with Crippen molar-refractivity contribution in [3.05, 3.63) is 34.9 Å². The molecule has 18 heavy (non-hydrogen) atoms. The normalized spacial score (nSPS) is 21.1. The second-order valence-electron chi connectivity index (χ2n) is 4.96. The van der Waals surface area contributed by atoms with E-state index in [2.05, 4.69) is 16.8 Å². The lowest BCUT2D eigenvalue weighted by molar-refractivity contribution is 0.270. The molecule has 1 aliphatic heterocycles. The second-order valence-corrected chi connectivity index (χ2v) is 5.37. The van der Waals surface area contributed by atoms with Crippen LogP contribution in [0.3, 0.4) is 0 Å². The predicted molar refractivity (Wildman–Crippen MR) is 76.7 cm³/mol. The molecule has 0 amide bonds. The largest absolute Gasteiger partial charge is 0.370 e. The van der Waals surface area contributed by atoms with Crippen LogP contribution in [0.2, 0.25) is 5.02 Å². The van der Waals surface area contributed by atoms with E-state index in [9.17, 15) is 0 Å². The van der Waals surface area contributed by atoms with Crippen molar-refractivity contribution < 1.29 is 0 Å². The number of benzene rings is 1. The molecular weight excluding hydrogens is 246 g/mol. The Kier molecular flexibility index (Phi) is 4.48. The minimum absolute atomic E-state index is 0.552. The molecular formula is C14H20ClN3. The number of likely N-dealkylation sites (tertiary alicyclic amines) is 1. The first-order valence-electron chi connectivity index (χ1n) is 6.45. The maximum atomic E-state index is 6.09. The van der Waals surface area contributed by atoms with Crippen LogP contribution in [0.1, 0.15) is 25.3 Å². The number of hydrogen-bond acceptors (Lipinski definition) is 1. The molecule has 1 aromatic carbocycles. The predicted octanol–water partition coefficient (Wildman–Crippen LogP) is 2.89. The zero-order chi connectivity index (χ0) is 13.0. The summed E-state index contributed by atoms with van der Waals surface area (Å²) in [5.41, 5.74) is 7.06. The average molecular weight is 266 g/mol. The molecule has 1 saturated heterocycles. The maximum absolute atomic E-state index is 6.09. The lowest BCUT2D eigenvalue weighted by atomic mass is 10.0. The van der Waals surface area contributed by atoms with Gasteiger partial charge in [0.1, 0.15) is 0 Å². The third kappa shape index (κ3) is 3.39. The van der Waals surface area contributed by atoms with Crippen LogP contribution in [-0.2, 0) is 6.54 Å². The highest BCUT2D eigenvalue weighted by atomic mass is 35.5. The van der Waals surface area contributed by atoms with Crippen LogP contribution in [0, 0.1) is 5.92 Å². The van der Waals surface area contributed by atoms with E-state index in [1.54, 1.807) is 0 Å². The first-order valence-corrected chi connectivity index (χ1v) is 6.83. The van der Waals surface area contributed by atoms with Crippen molar-refractivity contribution in [2.45, 2.75) is 26.3 Å². The van der Waals surface area contributed by atoms with Gasteiger partial charge in [-0.05, 0) is 30.4 Å². The molecule has 98 valence electrons. The Morgan fingerprint density at radius 2 is 2.28 bits per heavy atom. The second kappa shape index (κ2) is 6.10. The number of hydrogen-bond donors (Lipinski definition) is 1. The van der Waals surface area contributed by atoms with Gasteiger partial charge in [0.15, 0.2) is 5.96 Å². The van der Waals surface area contributed by atoms with Crippen molar-refractivity contribution in [1.29, 1.82) is 0 Å². The van der Waals surface area contributed by atoms with Crippen LogP contribution in [0.5, 0.6) is 0 Å². The van der Waals surface area contributed by atoms with Gasteiger partial charge in [-0.15, -0.1) is 0 Å². The zero-order valence-corrected chi connectivity index (χ0v) is 11.5. The SMILES string of the molecule is CC1CCCN(C(N)=NCc2ccccc2Cl)C1. The fourth-order valence-corrected chi connectivity index (χ4v) is 2.49. The van der Waals surface area contributed by atoms with Crippen molar-refractivity contribution in [2.75, 3.05) is 13.1 Å². The molecule has 1 unspecified atom stereocenters. The van der Waals surface area contributed by atoms with Gasteiger partial charge in [0.25, 0.3) is 0 Å². The van der Waals surface area contributed by atoms with Crippen LogP contribution < -0.4 is 5.73 Å². The summed E-state index contributed by atoms with van der Waals surface area (Å²) in [6, 6.07) is 7.75. The monoisotopic (exact) mass is 265 g/mol. The number of aliphatic imine (C=N–C) groups is 1. The average Bonchev–Trinajstić information content (AvgIpc) is 2.37. The van der Waals surface area contributed by atoms with Crippen LogP contribution in [-0.4, -0.2) is 23.9 Å². The molecule has 0 aliphatic carbocycles. The summed E-state index contributed by atoms with van der Waals surface area (Å²) in [5.74, 6) is 1.34. The Morgan fingerprint density at radius 3 is 3.00 bits per heavy atom. The van der Waals surface area contributed by atoms with Crippen LogP contribution in [0.15, 0.2) is 29.3 Å². The van der Waals surface area contributed by atoms with E-state index >= 15 is 0 Å². The molecule has 0 saturated carbocycles. The quantitative estimate of drug-likeness (QED) is 0.660. The number of guanidine groups is 1. The molecule has 0 spiro atoms. The number of piperidine rings is 1. The van der Waals surface area contributed by atoms with Gasteiger partial charge in [0.05, 0.1) is 6.54 Å². The van der Waals surface area contributed by atoms with E-state index in [4.69, 9.17) is 17.3 Å². The minimum Gasteiger partial charge on any atom is -0.370 e. The summed E-state index contributed by atoms with van der Waals surface area (Å²) in [6.45, 7) is 4.84. The lowest BCUT2D eigenvalue weighted by Gasteiger charge is -2.31. The summed E-state index contributed by atoms with van der Waals surface area (Å²) >= 11 is 6.09. The molecule has 0 bridgehead atoms. The molecule has 0 radical (unpaired) electrons. The van der Waals surface area contributed by atoms with Gasteiger partial charge in [-0.3, -0.25) is 0 Å². The summed E-state index contributed by atoms with van der Waals surface area (Å²) in [4.78, 5) is 6.62. The van der Waals surface area contributed by atoms with E-state index in [0.29, 0.717) is 18.4 Å². The first kappa shape index (κ1) is 13.2. The molecule has 1 atom stereocenters. The lowest BCUT2D eigenvalue weighted by Crippen LogP contribution is -2.43. The van der Waals surface area contributed by atoms with Crippen molar-refractivity contribution in [3.63, 3.8) is 0 Å². The highest BCUT2D eigenvalue weighted by Gasteiger charge is 2.17. The van der Waals surface area contributed by atoms with Gasteiger partial charge < -0.3 is 10.6 Å². The number of nitrogens with two attached hydrogens (primary N) is 1. The van der Waals surface area contributed by atoms with Gasteiger partial charge >= 0.3 is 0 Å². The highest BCUT2D eigenvalue weighted by Crippen LogP contribution is 2.17. The Labute approximate surface area is 114 Å². The van der Waals surface area contributed by atoms with Crippen LogP contribution in [0.25, 0.3) is 0 Å². The molecule has 3 nitrogen and oxygen atoms in total. The Morgan fingerprint density at radius 1 is 1.50 bits per heavy atom.